The number of carbonyl (C=O) groups is 2. The van der Waals surface area contributed by atoms with Crippen LogP contribution in [0.4, 0.5) is 0 Å². The summed E-state index contributed by atoms with van der Waals surface area (Å²) in [5, 5.41) is 0.741. The van der Waals surface area contributed by atoms with Crippen LogP contribution in [0.3, 0.4) is 0 Å². The third-order valence-corrected chi connectivity index (χ3v) is 4.73. The Morgan fingerprint density at radius 1 is 0.926 bits per heavy atom. The second kappa shape index (κ2) is 6.53. The second-order valence-electron chi connectivity index (χ2n) is 6.36. The summed E-state index contributed by atoms with van der Waals surface area (Å²) in [4.78, 5) is 32.2. The summed E-state index contributed by atoms with van der Waals surface area (Å²) in [5.74, 6) is -0.719. The Morgan fingerprint density at radius 3 is 2.41 bits per heavy atom. The number of nitrogens with two attached hydrogens (primary N) is 1. The highest BCUT2D eigenvalue weighted by Gasteiger charge is 2.19. The number of pyridine rings is 1. The fourth-order valence-corrected chi connectivity index (χ4v) is 3.27. The predicted molar refractivity (Wildman–Crippen MR) is 105 cm³/mol. The van der Waals surface area contributed by atoms with Crippen LogP contribution < -0.4 is 5.73 Å². The minimum absolute atomic E-state index is 0.172. The van der Waals surface area contributed by atoms with Gasteiger partial charge >= 0.3 is 0 Å². The van der Waals surface area contributed by atoms with Gasteiger partial charge in [-0.15, -0.1) is 0 Å². The number of rotatable bonds is 4. The maximum Gasteiger partial charge on any atom is 0.248 e. The number of aromatic amines is 1. The van der Waals surface area contributed by atoms with E-state index in [-0.39, 0.29) is 5.78 Å². The molecule has 0 aliphatic carbocycles. The molecule has 5 nitrogen and oxygen atoms in total. The first-order chi connectivity index (χ1) is 13.1. The Bertz CT molecular complexity index is 1180. The van der Waals surface area contributed by atoms with Crippen molar-refractivity contribution < 1.29 is 9.59 Å². The van der Waals surface area contributed by atoms with Crippen molar-refractivity contribution in [3.63, 3.8) is 0 Å². The molecule has 1 amide bonds. The Labute approximate surface area is 155 Å². The zero-order valence-electron chi connectivity index (χ0n) is 14.7. The molecule has 2 aromatic heterocycles. The SMILES string of the molecule is Cc1c(C(N)=O)cccc1C(=O)c1c[nH]c2ncc(-c3ccccc3)cc12. The van der Waals surface area contributed by atoms with Crippen molar-refractivity contribution >= 4 is 22.7 Å². The third kappa shape index (κ3) is 2.89. The average Bonchev–Trinajstić information content (AvgIpc) is 3.11. The van der Waals surface area contributed by atoms with Gasteiger partial charge in [0.05, 0.1) is 0 Å². The van der Waals surface area contributed by atoms with Gasteiger partial charge in [0.2, 0.25) is 5.91 Å². The number of nitrogens with zero attached hydrogens (tertiary/aromatic N) is 1. The lowest BCUT2D eigenvalue weighted by molar-refractivity contribution is 0.0999. The number of benzene rings is 2. The van der Waals surface area contributed by atoms with E-state index in [1.807, 2.05) is 36.4 Å². The molecule has 27 heavy (non-hydrogen) atoms. The van der Waals surface area contributed by atoms with Gasteiger partial charge in [-0.05, 0) is 30.2 Å². The molecule has 0 saturated heterocycles. The number of amides is 1. The first kappa shape index (κ1) is 16.7. The molecule has 0 bridgehead atoms. The van der Waals surface area contributed by atoms with Crippen molar-refractivity contribution in [2.75, 3.05) is 0 Å². The lowest BCUT2D eigenvalue weighted by Crippen LogP contribution is -2.15. The minimum Gasteiger partial charge on any atom is -0.366 e. The van der Waals surface area contributed by atoms with E-state index in [9.17, 15) is 9.59 Å². The van der Waals surface area contributed by atoms with Gasteiger partial charge in [-0.1, -0.05) is 42.5 Å². The van der Waals surface area contributed by atoms with Crippen LogP contribution in [-0.4, -0.2) is 21.7 Å². The van der Waals surface area contributed by atoms with E-state index in [1.54, 1.807) is 37.5 Å². The van der Waals surface area contributed by atoms with Crippen LogP contribution in [0.25, 0.3) is 22.2 Å². The standard InChI is InChI=1S/C22H17N3O2/c1-13-16(8-5-9-17(13)21(23)27)20(26)19-12-25-22-18(19)10-15(11-24-22)14-6-3-2-4-7-14/h2-12H,1H3,(H2,23,27)(H,24,25). The number of aromatic nitrogens is 2. The van der Waals surface area contributed by atoms with Gasteiger partial charge in [-0.2, -0.15) is 0 Å². The first-order valence-corrected chi connectivity index (χ1v) is 8.53. The van der Waals surface area contributed by atoms with Crippen LogP contribution in [0.2, 0.25) is 0 Å². The Kier molecular flexibility index (Phi) is 4.05. The lowest BCUT2D eigenvalue weighted by atomic mass is 9.95. The van der Waals surface area contributed by atoms with E-state index in [1.165, 1.54) is 0 Å². The molecule has 0 unspecified atom stereocenters. The summed E-state index contributed by atoms with van der Waals surface area (Å²) in [6.07, 6.45) is 3.44. The van der Waals surface area contributed by atoms with Crippen molar-refractivity contribution in [3.05, 3.63) is 89.2 Å². The monoisotopic (exact) mass is 355 g/mol. The zero-order valence-corrected chi connectivity index (χ0v) is 14.7. The molecule has 0 spiro atoms. The molecule has 3 N–H and O–H groups in total. The molecule has 0 fully saturated rings. The average molecular weight is 355 g/mol. The number of fused-ring (bicyclic) bond motifs is 1. The quantitative estimate of drug-likeness (QED) is 0.545. The highest BCUT2D eigenvalue weighted by molar-refractivity contribution is 6.17. The summed E-state index contributed by atoms with van der Waals surface area (Å²) in [5.41, 5.74) is 9.91. The summed E-state index contributed by atoms with van der Waals surface area (Å²) in [6, 6.07) is 16.8. The summed E-state index contributed by atoms with van der Waals surface area (Å²) in [6.45, 7) is 1.73. The third-order valence-electron chi connectivity index (χ3n) is 4.73. The predicted octanol–water partition coefficient (Wildman–Crippen LogP) is 3.87. The molecular weight excluding hydrogens is 338 g/mol. The zero-order chi connectivity index (χ0) is 19.0. The highest BCUT2D eigenvalue weighted by atomic mass is 16.1. The number of H-pyrrole nitrogens is 1. The topological polar surface area (TPSA) is 88.8 Å². The normalized spacial score (nSPS) is 10.9. The van der Waals surface area contributed by atoms with Gasteiger partial charge in [0, 0.05) is 40.0 Å². The van der Waals surface area contributed by atoms with Crippen molar-refractivity contribution in [3.8, 4) is 11.1 Å². The van der Waals surface area contributed by atoms with Crippen molar-refractivity contribution in [2.24, 2.45) is 5.73 Å². The molecule has 0 radical (unpaired) electrons. The van der Waals surface area contributed by atoms with Gasteiger partial charge in [-0.3, -0.25) is 9.59 Å². The first-order valence-electron chi connectivity index (χ1n) is 8.53. The Balaban J connectivity index is 1.84. The van der Waals surface area contributed by atoms with E-state index >= 15 is 0 Å². The van der Waals surface area contributed by atoms with Crippen LogP contribution in [0.1, 0.15) is 31.8 Å². The molecule has 2 aromatic carbocycles. The minimum atomic E-state index is -0.547. The van der Waals surface area contributed by atoms with Crippen LogP contribution >= 0.6 is 0 Å². The largest absolute Gasteiger partial charge is 0.366 e. The van der Waals surface area contributed by atoms with Crippen molar-refractivity contribution in [1.29, 1.82) is 0 Å². The Hall–Kier alpha value is -3.73. The van der Waals surface area contributed by atoms with E-state index in [0.717, 1.165) is 16.5 Å². The van der Waals surface area contributed by atoms with Crippen LogP contribution in [-0.2, 0) is 0 Å². The molecule has 132 valence electrons. The van der Waals surface area contributed by atoms with Crippen LogP contribution in [0.5, 0.6) is 0 Å². The molecular formula is C22H17N3O2. The Morgan fingerprint density at radius 2 is 1.67 bits per heavy atom. The van der Waals surface area contributed by atoms with Crippen molar-refractivity contribution in [1.82, 2.24) is 9.97 Å². The van der Waals surface area contributed by atoms with Gasteiger partial charge in [0.1, 0.15) is 5.65 Å². The number of nitrogens with one attached hydrogen (secondary N) is 1. The van der Waals surface area contributed by atoms with Gasteiger partial charge in [-0.25, -0.2) is 4.98 Å². The number of hydrogen-bond donors (Lipinski definition) is 2. The number of ketones is 1. The van der Waals surface area contributed by atoms with E-state index in [2.05, 4.69) is 9.97 Å². The second-order valence-corrected chi connectivity index (χ2v) is 6.36. The van der Waals surface area contributed by atoms with E-state index in [4.69, 9.17) is 5.73 Å². The molecule has 4 rings (SSSR count). The number of carbonyl (C=O) groups excluding carboxylic acids is 2. The van der Waals surface area contributed by atoms with E-state index in [0.29, 0.717) is 27.9 Å². The molecule has 2 heterocycles. The van der Waals surface area contributed by atoms with Gasteiger partial charge in [0.15, 0.2) is 5.78 Å². The summed E-state index contributed by atoms with van der Waals surface area (Å²) >= 11 is 0. The molecule has 0 saturated carbocycles. The fourth-order valence-electron chi connectivity index (χ4n) is 3.27. The maximum atomic E-state index is 13.2. The molecule has 5 heteroatoms. The summed E-state index contributed by atoms with van der Waals surface area (Å²) < 4.78 is 0. The van der Waals surface area contributed by atoms with Crippen LogP contribution in [0.15, 0.2) is 67.0 Å². The molecule has 0 aliphatic heterocycles. The van der Waals surface area contributed by atoms with Crippen molar-refractivity contribution in [2.45, 2.75) is 6.92 Å². The molecule has 0 aliphatic rings. The lowest BCUT2D eigenvalue weighted by Gasteiger charge is -2.08. The molecule has 0 atom stereocenters. The summed E-state index contributed by atoms with van der Waals surface area (Å²) in [7, 11) is 0. The molecule has 4 aromatic rings. The fraction of sp³-hybridized carbons (Fsp3) is 0.0455. The number of hydrogen-bond acceptors (Lipinski definition) is 3. The smallest absolute Gasteiger partial charge is 0.248 e. The van der Waals surface area contributed by atoms with Gasteiger partial charge in [0.25, 0.3) is 0 Å². The maximum absolute atomic E-state index is 13.2. The van der Waals surface area contributed by atoms with E-state index < -0.39 is 5.91 Å². The number of primary amides is 1. The highest BCUT2D eigenvalue weighted by Crippen LogP contribution is 2.27. The van der Waals surface area contributed by atoms with Crippen LogP contribution in [0, 0.1) is 6.92 Å². The van der Waals surface area contributed by atoms with Gasteiger partial charge < -0.3 is 10.7 Å².